The van der Waals surface area contributed by atoms with Gasteiger partial charge in [0.15, 0.2) is 0 Å². The van der Waals surface area contributed by atoms with E-state index in [1.54, 1.807) is 24.3 Å². The Labute approximate surface area is 155 Å². The lowest BCUT2D eigenvalue weighted by Crippen LogP contribution is -2.38. The van der Waals surface area contributed by atoms with E-state index in [2.05, 4.69) is 5.32 Å². The number of para-hydroxylation sites is 2. The highest BCUT2D eigenvalue weighted by Crippen LogP contribution is 2.34. The lowest BCUT2D eigenvalue weighted by atomic mass is 10.1. The average molecular weight is 400 g/mol. The minimum atomic E-state index is -4.64. The fourth-order valence-corrected chi connectivity index (χ4v) is 3.48. The summed E-state index contributed by atoms with van der Waals surface area (Å²) in [7, 11) is -3.83. The zero-order chi connectivity index (χ0) is 20.2. The molecule has 0 bridgehead atoms. The molecule has 0 aliphatic rings. The van der Waals surface area contributed by atoms with Crippen molar-refractivity contribution >= 4 is 27.3 Å². The largest absolute Gasteiger partial charge is 0.418 e. The normalized spacial score (nSPS) is 11.9. The molecule has 146 valence electrons. The highest BCUT2D eigenvalue weighted by molar-refractivity contribution is 7.92. The number of carbonyl (C=O) groups excluding carboxylic acids is 1. The van der Waals surface area contributed by atoms with Crippen molar-refractivity contribution in [3.05, 3.63) is 59.7 Å². The Balaban J connectivity index is 2.32. The van der Waals surface area contributed by atoms with Crippen LogP contribution in [0.4, 0.5) is 24.5 Å². The second kappa shape index (κ2) is 7.99. The minimum absolute atomic E-state index is 0.321. The van der Waals surface area contributed by atoms with Gasteiger partial charge in [-0.15, -0.1) is 0 Å². The molecule has 9 heteroatoms. The number of nitrogens with one attached hydrogen (secondary N) is 1. The molecule has 5 nitrogen and oxygen atoms in total. The van der Waals surface area contributed by atoms with E-state index in [4.69, 9.17) is 0 Å². The summed E-state index contributed by atoms with van der Waals surface area (Å²) in [5, 5.41) is 2.16. The third kappa shape index (κ3) is 5.22. The van der Waals surface area contributed by atoms with Crippen LogP contribution in [0.5, 0.6) is 0 Å². The van der Waals surface area contributed by atoms with Gasteiger partial charge >= 0.3 is 6.18 Å². The Morgan fingerprint density at radius 2 is 1.67 bits per heavy atom. The van der Waals surface area contributed by atoms with E-state index < -0.39 is 39.9 Å². The van der Waals surface area contributed by atoms with Crippen LogP contribution in [0.2, 0.25) is 0 Å². The second-order valence-electron chi connectivity index (χ2n) is 5.84. The summed E-state index contributed by atoms with van der Waals surface area (Å²) in [5.41, 5.74) is -0.404. The third-order valence-electron chi connectivity index (χ3n) is 3.84. The molecular formula is C18H19F3N2O3S. The molecule has 0 spiro atoms. The van der Waals surface area contributed by atoms with Crippen molar-refractivity contribution in [1.82, 2.24) is 0 Å². The monoisotopic (exact) mass is 400 g/mol. The number of amides is 1. The molecule has 2 aromatic rings. The van der Waals surface area contributed by atoms with Crippen LogP contribution in [0, 0.1) is 0 Å². The number of alkyl halides is 3. The van der Waals surface area contributed by atoms with Crippen molar-refractivity contribution in [3.8, 4) is 0 Å². The molecular weight excluding hydrogens is 381 g/mol. The molecule has 1 amide bonds. The average Bonchev–Trinajstić information content (AvgIpc) is 2.58. The van der Waals surface area contributed by atoms with Crippen LogP contribution in [0.3, 0.4) is 0 Å². The van der Waals surface area contributed by atoms with E-state index in [0.717, 1.165) is 22.7 Å². The van der Waals surface area contributed by atoms with Gasteiger partial charge in [-0.05, 0) is 30.2 Å². The maximum Gasteiger partial charge on any atom is 0.418 e. The maximum absolute atomic E-state index is 13.1. The predicted octanol–water partition coefficient (Wildman–Crippen LogP) is 3.67. The molecule has 2 rings (SSSR count). The Morgan fingerprint density at radius 3 is 2.26 bits per heavy atom. The van der Waals surface area contributed by atoms with Crippen molar-refractivity contribution in [3.63, 3.8) is 0 Å². The summed E-state index contributed by atoms with van der Waals surface area (Å²) in [6, 6.07) is 11.2. The summed E-state index contributed by atoms with van der Waals surface area (Å²) in [6.45, 7) is 1.20. The van der Waals surface area contributed by atoms with Crippen LogP contribution >= 0.6 is 0 Å². The van der Waals surface area contributed by atoms with Crippen LogP contribution in [-0.4, -0.2) is 27.1 Å². The molecule has 1 N–H and O–H groups in total. The number of benzene rings is 2. The Hall–Kier alpha value is -2.55. The number of nitrogens with zero attached hydrogens (tertiary/aromatic N) is 1. The fourth-order valence-electron chi connectivity index (χ4n) is 2.59. The molecule has 0 aliphatic carbocycles. The number of hydrogen-bond acceptors (Lipinski definition) is 3. The smallest absolute Gasteiger partial charge is 0.324 e. The number of hydrogen-bond donors (Lipinski definition) is 1. The standard InChI is InChI=1S/C18H19F3N2O3S/c1-3-13-8-4-7-11-16(13)23(27(2,25)26)12-17(24)22-15-10-6-5-9-14(15)18(19,20)21/h4-11H,3,12H2,1-2H3,(H,22,24). The van der Waals surface area contributed by atoms with Crippen molar-refractivity contribution in [1.29, 1.82) is 0 Å². The molecule has 0 aromatic heterocycles. The SMILES string of the molecule is CCc1ccccc1N(CC(=O)Nc1ccccc1C(F)(F)F)S(C)(=O)=O. The van der Waals surface area contributed by atoms with E-state index in [1.807, 2.05) is 6.92 Å². The van der Waals surface area contributed by atoms with Crippen LogP contribution in [0.25, 0.3) is 0 Å². The van der Waals surface area contributed by atoms with E-state index in [1.165, 1.54) is 12.1 Å². The van der Waals surface area contributed by atoms with E-state index >= 15 is 0 Å². The van der Waals surface area contributed by atoms with Gasteiger partial charge in [-0.2, -0.15) is 13.2 Å². The number of aryl methyl sites for hydroxylation is 1. The Bertz CT molecular complexity index is 927. The highest BCUT2D eigenvalue weighted by atomic mass is 32.2. The number of sulfonamides is 1. The van der Waals surface area contributed by atoms with Crippen LogP contribution in [0.15, 0.2) is 48.5 Å². The summed E-state index contributed by atoms with van der Waals surface area (Å²) < 4.78 is 64.4. The summed E-state index contributed by atoms with van der Waals surface area (Å²) in [5.74, 6) is -0.872. The van der Waals surface area contributed by atoms with Gasteiger partial charge in [0.05, 0.1) is 23.2 Å². The fraction of sp³-hybridized carbons (Fsp3) is 0.278. The first-order chi connectivity index (χ1) is 12.5. The summed E-state index contributed by atoms with van der Waals surface area (Å²) in [6.07, 6.45) is -3.17. The summed E-state index contributed by atoms with van der Waals surface area (Å²) in [4.78, 5) is 12.3. The third-order valence-corrected chi connectivity index (χ3v) is 4.96. The van der Waals surface area contributed by atoms with Gasteiger partial charge in [0.25, 0.3) is 0 Å². The van der Waals surface area contributed by atoms with Crippen molar-refractivity contribution < 1.29 is 26.4 Å². The van der Waals surface area contributed by atoms with Gasteiger partial charge in [0.1, 0.15) is 6.54 Å². The van der Waals surface area contributed by atoms with Crippen LogP contribution in [-0.2, 0) is 27.4 Å². The molecule has 0 saturated heterocycles. The van der Waals surface area contributed by atoms with Crippen LogP contribution < -0.4 is 9.62 Å². The van der Waals surface area contributed by atoms with E-state index in [-0.39, 0.29) is 0 Å². The van der Waals surface area contributed by atoms with Gasteiger partial charge < -0.3 is 5.32 Å². The van der Waals surface area contributed by atoms with Crippen LogP contribution in [0.1, 0.15) is 18.1 Å². The molecule has 0 radical (unpaired) electrons. The van der Waals surface area contributed by atoms with Gasteiger partial charge in [0, 0.05) is 0 Å². The zero-order valence-electron chi connectivity index (χ0n) is 14.7. The Kier molecular flexibility index (Phi) is 6.15. The predicted molar refractivity (Wildman–Crippen MR) is 98.1 cm³/mol. The number of anilines is 2. The molecule has 2 aromatic carbocycles. The lowest BCUT2D eigenvalue weighted by molar-refractivity contribution is -0.137. The number of rotatable bonds is 6. The first-order valence-electron chi connectivity index (χ1n) is 8.05. The lowest BCUT2D eigenvalue weighted by Gasteiger charge is -2.24. The van der Waals surface area contributed by atoms with Crippen molar-refractivity contribution in [2.75, 3.05) is 22.4 Å². The second-order valence-corrected chi connectivity index (χ2v) is 7.75. The molecule has 0 fully saturated rings. The van der Waals surface area contributed by atoms with Gasteiger partial charge in [-0.25, -0.2) is 8.42 Å². The molecule has 27 heavy (non-hydrogen) atoms. The molecule has 0 atom stereocenters. The minimum Gasteiger partial charge on any atom is -0.324 e. The molecule has 0 heterocycles. The highest BCUT2D eigenvalue weighted by Gasteiger charge is 2.34. The van der Waals surface area contributed by atoms with Gasteiger partial charge in [-0.3, -0.25) is 9.10 Å². The van der Waals surface area contributed by atoms with Crippen molar-refractivity contribution in [2.45, 2.75) is 19.5 Å². The van der Waals surface area contributed by atoms with E-state index in [9.17, 15) is 26.4 Å². The van der Waals surface area contributed by atoms with Gasteiger partial charge in [0.2, 0.25) is 15.9 Å². The first kappa shape index (κ1) is 20.8. The molecule has 0 unspecified atom stereocenters. The van der Waals surface area contributed by atoms with E-state index in [0.29, 0.717) is 17.7 Å². The zero-order valence-corrected chi connectivity index (χ0v) is 15.6. The first-order valence-corrected chi connectivity index (χ1v) is 9.90. The number of carbonyl (C=O) groups is 1. The van der Waals surface area contributed by atoms with Gasteiger partial charge in [-0.1, -0.05) is 37.3 Å². The Morgan fingerprint density at radius 1 is 1.07 bits per heavy atom. The topological polar surface area (TPSA) is 66.5 Å². The maximum atomic E-state index is 13.1. The molecule has 0 saturated carbocycles. The van der Waals surface area contributed by atoms with Crippen molar-refractivity contribution in [2.24, 2.45) is 0 Å². The molecule has 0 aliphatic heterocycles. The quantitative estimate of drug-likeness (QED) is 0.805. The number of halogens is 3. The summed E-state index contributed by atoms with van der Waals surface area (Å²) >= 11 is 0.